The summed E-state index contributed by atoms with van der Waals surface area (Å²) in [4.78, 5) is 2.24. The number of halogens is 1. The molecule has 1 atom stereocenters. The molecule has 0 unspecified atom stereocenters. The SMILES string of the molecule is CC(C)OC[C@H](O)CN(Cc1c(-c2ccccc2)nn(C)c1Oc1ccccc1F)CC1CC1. The lowest BCUT2D eigenvalue weighted by Gasteiger charge is -2.26. The molecule has 0 aliphatic heterocycles. The summed E-state index contributed by atoms with van der Waals surface area (Å²) in [6, 6.07) is 16.3. The predicted octanol–water partition coefficient (Wildman–Crippen LogP) is 5.02. The van der Waals surface area contributed by atoms with E-state index in [0.717, 1.165) is 23.4 Å². The van der Waals surface area contributed by atoms with E-state index in [1.54, 1.807) is 22.9 Å². The van der Waals surface area contributed by atoms with Crippen molar-refractivity contribution in [1.82, 2.24) is 14.7 Å². The summed E-state index contributed by atoms with van der Waals surface area (Å²) >= 11 is 0. The Morgan fingerprint density at radius 2 is 1.82 bits per heavy atom. The van der Waals surface area contributed by atoms with Crippen LogP contribution in [0.2, 0.25) is 0 Å². The fraction of sp³-hybridized carbons (Fsp3) is 0.444. The number of aryl methyl sites for hydroxylation is 1. The Balaban J connectivity index is 1.65. The number of benzene rings is 2. The number of para-hydroxylation sites is 1. The van der Waals surface area contributed by atoms with Crippen molar-refractivity contribution in [3.05, 3.63) is 66.0 Å². The zero-order chi connectivity index (χ0) is 24.1. The molecule has 7 heteroatoms. The molecule has 1 saturated carbocycles. The second kappa shape index (κ2) is 11.1. The third-order valence-electron chi connectivity index (χ3n) is 5.86. The highest BCUT2D eigenvalue weighted by atomic mass is 19.1. The molecular formula is C27H34FN3O3. The monoisotopic (exact) mass is 467 g/mol. The Bertz CT molecular complexity index is 1070. The molecular weight excluding hydrogens is 433 g/mol. The van der Waals surface area contributed by atoms with Gasteiger partial charge in [0.25, 0.3) is 0 Å². The van der Waals surface area contributed by atoms with Crippen molar-refractivity contribution in [2.75, 3.05) is 19.7 Å². The molecule has 0 bridgehead atoms. The van der Waals surface area contributed by atoms with Crippen LogP contribution in [-0.4, -0.2) is 51.7 Å². The lowest BCUT2D eigenvalue weighted by Crippen LogP contribution is -2.36. The van der Waals surface area contributed by atoms with Crippen LogP contribution in [0.3, 0.4) is 0 Å². The topological polar surface area (TPSA) is 59.8 Å². The van der Waals surface area contributed by atoms with Crippen LogP contribution in [0.5, 0.6) is 11.6 Å². The second-order valence-corrected chi connectivity index (χ2v) is 9.33. The van der Waals surface area contributed by atoms with Crippen molar-refractivity contribution < 1.29 is 19.0 Å². The zero-order valence-corrected chi connectivity index (χ0v) is 20.2. The van der Waals surface area contributed by atoms with Crippen molar-refractivity contribution >= 4 is 0 Å². The first-order valence-electron chi connectivity index (χ1n) is 12.0. The van der Waals surface area contributed by atoms with Crippen LogP contribution in [0.15, 0.2) is 54.6 Å². The highest BCUT2D eigenvalue weighted by molar-refractivity contribution is 5.65. The lowest BCUT2D eigenvalue weighted by atomic mass is 10.1. The lowest BCUT2D eigenvalue weighted by molar-refractivity contribution is -0.0101. The van der Waals surface area contributed by atoms with Gasteiger partial charge >= 0.3 is 0 Å². The molecule has 34 heavy (non-hydrogen) atoms. The minimum Gasteiger partial charge on any atom is -0.436 e. The van der Waals surface area contributed by atoms with Crippen molar-refractivity contribution in [3.8, 4) is 22.9 Å². The van der Waals surface area contributed by atoms with E-state index in [4.69, 9.17) is 14.6 Å². The quantitative estimate of drug-likeness (QED) is 0.406. The average molecular weight is 468 g/mol. The van der Waals surface area contributed by atoms with Gasteiger partial charge in [0, 0.05) is 32.2 Å². The molecule has 3 aromatic rings. The highest BCUT2D eigenvalue weighted by Crippen LogP contribution is 2.36. The fourth-order valence-electron chi connectivity index (χ4n) is 4.03. The van der Waals surface area contributed by atoms with E-state index in [9.17, 15) is 9.50 Å². The van der Waals surface area contributed by atoms with E-state index < -0.39 is 11.9 Å². The Morgan fingerprint density at radius 1 is 1.12 bits per heavy atom. The van der Waals surface area contributed by atoms with Crippen LogP contribution < -0.4 is 4.74 Å². The van der Waals surface area contributed by atoms with Gasteiger partial charge in [0.2, 0.25) is 5.88 Å². The van der Waals surface area contributed by atoms with Crippen molar-refractivity contribution in [2.24, 2.45) is 13.0 Å². The molecule has 1 aromatic heterocycles. The summed E-state index contributed by atoms with van der Waals surface area (Å²) in [6.45, 7) is 6.09. The van der Waals surface area contributed by atoms with E-state index in [1.807, 2.05) is 51.2 Å². The van der Waals surface area contributed by atoms with Gasteiger partial charge in [0.05, 0.1) is 24.4 Å². The van der Waals surface area contributed by atoms with Crippen LogP contribution in [0.1, 0.15) is 32.3 Å². The smallest absolute Gasteiger partial charge is 0.222 e. The fourth-order valence-corrected chi connectivity index (χ4v) is 4.03. The minimum atomic E-state index is -0.603. The number of aromatic nitrogens is 2. The zero-order valence-electron chi connectivity index (χ0n) is 20.2. The average Bonchev–Trinajstić information content (AvgIpc) is 3.58. The molecule has 1 aliphatic carbocycles. The number of rotatable bonds is 12. The van der Waals surface area contributed by atoms with E-state index in [2.05, 4.69) is 4.90 Å². The van der Waals surface area contributed by atoms with Crippen molar-refractivity contribution in [3.63, 3.8) is 0 Å². The molecule has 1 heterocycles. The van der Waals surface area contributed by atoms with Gasteiger partial charge in [-0.3, -0.25) is 4.90 Å². The van der Waals surface area contributed by atoms with E-state index in [-0.39, 0.29) is 18.5 Å². The summed E-state index contributed by atoms with van der Waals surface area (Å²) in [5.41, 5.74) is 2.63. The standard InChI is InChI=1S/C27H34FN3O3/c1-19(2)33-18-22(32)16-31(15-20-13-14-20)17-23-26(21-9-5-4-6-10-21)29-30(3)27(23)34-25-12-8-7-11-24(25)28/h4-12,19-20,22,32H,13-18H2,1-3H3/t22-/m1/s1. The van der Waals surface area contributed by atoms with Crippen LogP contribution in [0, 0.1) is 11.7 Å². The molecule has 0 amide bonds. The number of aliphatic hydroxyl groups excluding tert-OH is 1. The largest absolute Gasteiger partial charge is 0.436 e. The number of hydrogen-bond donors (Lipinski definition) is 1. The molecule has 182 valence electrons. The maximum absolute atomic E-state index is 14.4. The number of nitrogens with zero attached hydrogens (tertiary/aromatic N) is 3. The molecule has 4 rings (SSSR count). The highest BCUT2D eigenvalue weighted by Gasteiger charge is 2.29. The molecule has 1 aliphatic rings. The van der Waals surface area contributed by atoms with Gasteiger partial charge in [-0.15, -0.1) is 0 Å². The van der Waals surface area contributed by atoms with E-state index in [0.29, 0.717) is 24.9 Å². The maximum Gasteiger partial charge on any atom is 0.222 e. The van der Waals surface area contributed by atoms with Gasteiger partial charge in [-0.2, -0.15) is 5.10 Å². The van der Waals surface area contributed by atoms with Gasteiger partial charge in [0.1, 0.15) is 5.69 Å². The van der Waals surface area contributed by atoms with E-state index >= 15 is 0 Å². The third-order valence-corrected chi connectivity index (χ3v) is 5.86. The first-order valence-corrected chi connectivity index (χ1v) is 12.0. The molecule has 0 spiro atoms. The molecule has 1 fully saturated rings. The first-order chi connectivity index (χ1) is 16.4. The summed E-state index contributed by atoms with van der Waals surface area (Å²) in [7, 11) is 1.81. The summed E-state index contributed by atoms with van der Waals surface area (Å²) in [6.07, 6.45) is 1.86. The van der Waals surface area contributed by atoms with Crippen LogP contribution >= 0.6 is 0 Å². The van der Waals surface area contributed by atoms with Gasteiger partial charge in [-0.25, -0.2) is 9.07 Å². The Morgan fingerprint density at radius 3 is 2.50 bits per heavy atom. The minimum absolute atomic E-state index is 0.0651. The van der Waals surface area contributed by atoms with Gasteiger partial charge in [0.15, 0.2) is 11.6 Å². The first kappa shape index (κ1) is 24.4. The van der Waals surface area contributed by atoms with Crippen LogP contribution in [0.4, 0.5) is 4.39 Å². The molecule has 2 aromatic carbocycles. The summed E-state index contributed by atoms with van der Waals surface area (Å²) in [5, 5.41) is 15.4. The molecule has 0 radical (unpaired) electrons. The molecule has 6 nitrogen and oxygen atoms in total. The van der Waals surface area contributed by atoms with Gasteiger partial charge < -0.3 is 14.6 Å². The van der Waals surface area contributed by atoms with Gasteiger partial charge in [-0.1, -0.05) is 42.5 Å². The number of ether oxygens (including phenoxy) is 2. The van der Waals surface area contributed by atoms with Crippen LogP contribution in [-0.2, 0) is 18.3 Å². The number of aliphatic hydroxyl groups is 1. The summed E-state index contributed by atoms with van der Waals surface area (Å²) in [5.74, 6) is 0.862. The third kappa shape index (κ3) is 6.44. The molecule has 0 saturated heterocycles. The maximum atomic E-state index is 14.4. The predicted molar refractivity (Wildman–Crippen MR) is 130 cm³/mol. The van der Waals surface area contributed by atoms with Crippen molar-refractivity contribution in [1.29, 1.82) is 0 Å². The Labute approximate surface area is 200 Å². The number of hydrogen-bond acceptors (Lipinski definition) is 5. The van der Waals surface area contributed by atoms with Gasteiger partial charge in [-0.05, 0) is 44.7 Å². The Hall–Kier alpha value is -2.74. The van der Waals surface area contributed by atoms with Crippen molar-refractivity contribution in [2.45, 2.75) is 45.4 Å². The second-order valence-electron chi connectivity index (χ2n) is 9.33. The molecule has 1 N–H and O–H groups in total. The normalized spacial score (nSPS) is 14.7. The van der Waals surface area contributed by atoms with Crippen LogP contribution in [0.25, 0.3) is 11.3 Å². The Kier molecular flexibility index (Phi) is 7.98. The summed E-state index contributed by atoms with van der Waals surface area (Å²) < 4.78 is 27.8. The van der Waals surface area contributed by atoms with E-state index in [1.165, 1.54) is 18.9 Å².